The molecule has 2 aromatic carbocycles. The number of aromatic nitrogens is 4. The highest BCUT2D eigenvalue weighted by Crippen LogP contribution is 2.47. The van der Waals surface area contributed by atoms with E-state index in [1.54, 1.807) is 11.6 Å². The lowest BCUT2D eigenvalue weighted by atomic mass is 9.70. The van der Waals surface area contributed by atoms with E-state index in [2.05, 4.69) is 22.2 Å². The summed E-state index contributed by atoms with van der Waals surface area (Å²) in [5, 5.41) is 15.8. The van der Waals surface area contributed by atoms with Crippen LogP contribution in [0.2, 0.25) is 0 Å². The van der Waals surface area contributed by atoms with Crippen molar-refractivity contribution in [2.45, 2.75) is 44.1 Å². The summed E-state index contributed by atoms with van der Waals surface area (Å²) in [6, 6.07) is 14.0. The van der Waals surface area contributed by atoms with Gasteiger partial charge >= 0.3 is 0 Å². The van der Waals surface area contributed by atoms with Crippen LogP contribution in [0.5, 0.6) is 5.75 Å². The molecule has 2 heterocycles. The van der Waals surface area contributed by atoms with Gasteiger partial charge in [0.25, 0.3) is 0 Å². The van der Waals surface area contributed by atoms with Crippen LogP contribution in [0, 0.1) is 0 Å². The van der Waals surface area contributed by atoms with Crippen molar-refractivity contribution in [2.24, 2.45) is 0 Å². The monoisotopic (exact) mass is 403 g/mol. The predicted octanol–water partition coefficient (Wildman–Crippen LogP) is 3.76. The zero-order chi connectivity index (χ0) is 21.0. The second kappa shape index (κ2) is 6.67. The average molecular weight is 403 g/mol. The number of hydrogen-bond donors (Lipinski definition) is 2. The number of fused-ring (bicyclic) bond motifs is 3. The fourth-order valence-electron chi connectivity index (χ4n) is 4.25. The molecule has 0 bridgehead atoms. The zero-order valence-electron chi connectivity index (χ0n) is 17.3. The Balaban J connectivity index is 1.45. The van der Waals surface area contributed by atoms with Crippen molar-refractivity contribution in [1.82, 2.24) is 19.6 Å². The number of hydrogen-bond acceptors (Lipinski definition) is 6. The number of rotatable bonds is 4. The van der Waals surface area contributed by atoms with Gasteiger partial charge in [0.2, 0.25) is 5.95 Å². The summed E-state index contributed by atoms with van der Waals surface area (Å²) in [6.07, 6.45) is 1.95. The molecule has 0 saturated heterocycles. The fourth-order valence-corrected chi connectivity index (χ4v) is 4.25. The summed E-state index contributed by atoms with van der Waals surface area (Å²) >= 11 is 0. The van der Waals surface area contributed by atoms with Gasteiger partial charge in [-0.3, -0.25) is 0 Å². The van der Waals surface area contributed by atoms with Crippen LogP contribution in [0.1, 0.15) is 55.5 Å². The topological polar surface area (TPSA) is 98.6 Å². The summed E-state index contributed by atoms with van der Waals surface area (Å²) in [6.45, 7) is 3.63. The normalized spacial score (nSPS) is 19.2. The molecule has 0 aliphatic heterocycles. The van der Waals surface area contributed by atoms with Crippen molar-refractivity contribution in [3.05, 3.63) is 59.4 Å². The first-order valence-electron chi connectivity index (χ1n) is 10.2. The molecule has 5 rings (SSSR count). The van der Waals surface area contributed by atoms with Crippen molar-refractivity contribution in [3.63, 3.8) is 0 Å². The third-order valence-electron chi connectivity index (χ3n) is 6.09. The fraction of sp³-hybridized carbons (Fsp3) is 0.348. The molecule has 7 heteroatoms. The number of benzene rings is 2. The Morgan fingerprint density at radius 2 is 1.87 bits per heavy atom. The SMILES string of the molecule is COc1cccc2c1nc(N)n1nc([C@H]3C[C@H](c4cccc(C(C)(C)O)c4)C3)nc21. The van der Waals surface area contributed by atoms with Gasteiger partial charge in [0.15, 0.2) is 11.5 Å². The number of para-hydroxylation sites is 1. The molecule has 1 aliphatic carbocycles. The molecule has 0 radical (unpaired) electrons. The molecular weight excluding hydrogens is 378 g/mol. The van der Waals surface area contributed by atoms with E-state index in [1.807, 2.05) is 44.2 Å². The Morgan fingerprint density at radius 3 is 2.60 bits per heavy atom. The third-order valence-corrected chi connectivity index (χ3v) is 6.09. The minimum Gasteiger partial charge on any atom is -0.494 e. The summed E-state index contributed by atoms with van der Waals surface area (Å²) in [4.78, 5) is 9.30. The number of nitrogen functional groups attached to an aromatic ring is 1. The standard InChI is InChI=1S/C23H25N5O2/c1-23(2,29)16-7-4-6-13(12-16)14-10-15(11-14)20-26-21-17-8-5-9-18(30-3)19(17)25-22(24)28(21)27-20/h4-9,12,14-15,29H,10-11H2,1-3H3,(H2,24,25)/t14-,15-. The molecular formula is C23H25N5O2. The first-order valence-corrected chi connectivity index (χ1v) is 10.2. The lowest BCUT2D eigenvalue weighted by Gasteiger charge is -2.34. The highest BCUT2D eigenvalue weighted by atomic mass is 16.5. The number of anilines is 1. The smallest absolute Gasteiger partial charge is 0.223 e. The molecule has 0 unspecified atom stereocenters. The van der Waals surface area contributed by atoms with Crippen LogP contribution in [0.25, 0.3) is 16.6 Å². The average Bonchev–Trinajstić information content (AvgIpc) is 3.12. The van der Waals surface area contributed by atoms with Gasteiger partial charge in [0, 0.05) is 11.3 Å². The summed E-state index contributed by atoms with van der Waals surface area (Å²) in [5.74, 6) is 2.49. The Morgan fingerprint density at radius 1 is 1.10 bits per heavy atom. The largest absolute Gasteiger partial charge is 0.494 e. The van der Waals surface area contributed by atoms with Crippen molar-refractivity contribution in [2.75, 3.05) is 12.8 Å². The van der Waals surface area contributed by atoms with E-state index < -0.39 is 5.60 Å². The summed E-state index contributed by atoms with van der Waals surface area (Å²) in [7, 11) is 1.62. The second-order valence-corrected chi connectivity index (χ2v) is 8.58. The Kier molecular flexibility index (Phi) is 4.18. The van der Waals surface area contributed by atoms with Crippen molar-refractivity contribution in [3.8, 4) is 5.75 Å². The molecule has 4 aromatic rings. The van der Waals surface area contributed by atoms with Crippen LogP contribution in [0.15, 0.2) is 42.5 Å². The first-order chi connectivity index (χ1) is 14.3. The van der Waals surface area contributed by atoms with Crippen LogP contribution in [0.4, 0.5) is 5.95 Å². The molecule has 1 aliphatic rings. The third kappa shape index (κ3) is 2.97. The van der Waals surface area contributed by atoms with Gasteiger partial charge in [-0.25, -0.2) is 9.97 Å². The van der Waals surface area contributed by atoms with Gasteiger partial charge in [-0.2, -0.15) is 4.52 Å². The molecule has 0 atom stereocenters. The van der Waals surface area contributed by atoms with Crippen LogP contribution in [-0.4, -0.2) is 31.8 Å². The van der Waals surface area contributed by atoms with E-state index in [0.717, 1.165) is 29.6 Å². The first kappa shape index (κ1) is 18.8. The summed E-state index contributed by atoms with van der Waals surface area (Å²) in [5.41, 5.74) is 8.92. The number of nitrogens with two attached hydrogens (primary N) is 1. The van der Waals surface area contributed by atoms with E-state index in [1.165, 1.54) is 5.56 Å². The minimum absolute atomic E-state index is 0.278. The zero-order valence-corrected chi connectivity index (χ0v) is 17.3. The molecule has 3 N–H and O–H groups in total. The molecule has 1 saturated carbocycles. The van der Waals surface area contributed by atoms with E-state index in [4.69, 9.17) is 15.5 Å². The molecule has 1 fully saturated rings. The van der Waals surface area contributed by atoms with E-state index >= 15 is 0 Å². The molecule has 0 spiro atoms. The van der Waals surface area contributed by atoms with Crippen LogP contribution in [-0.2, 0) is 5.60 Å². The number of aliphatic hydroxyl groups is 1. The number of methoxy groups -OCH3 is 1. The molecule has 7 nitrogen and oxygen atoms in total. The maximum atomic E-state index is 10.3. The van der Waals surface area contributed by atoms with Gasteiger partial charge in [-0.1, -0.05) is 30.3 Å². The minimum atomic E-state index is -0.838. The van der Waals surface area contributed by atoms with Crippen molar-refractivity contribution >= 4 is 22.5 Å². The second-order valence-electron chi connectivity index (χ2n) is 8.58. The van der Waals surface area contributed by atoms with Gasteiger partial charge in [0.1, 0.15) is 11.3 Å². The quantitative estimate of drug-likeness (QED) is 0.538. The lowest BCUT2D eigenvalue weighted by Crippen LogP contribution is -2.22. The van der Waals surface area contributed by atoms with E-state index in [-0.39, 0.29) is 5.92 Å². The molecule has 2 aromatic heterocycles. The maximum absolute atomic E-state index is 10.3. The molecule has 154 valence electrons. The number of ether oxygens (including phenoxy) is 1. The highest BCUT2D eigenvalue weighted by Gasteiger charge is 2.35. The lowest BCUT2D eigenvalue weighted by molar-refractivity contribution is 0.0784. The van der Waals surface area contributed by atoms with Gasteiger partial charge < -0.3 is 15.6 Å². The molecule has 0 amide bonds. The highest BCUT2D eigenvalue weighted by molar-refractivity contribution is 5.95. The van der Waals surface area contributed by atoms with Gasteiger partial charge in [0.05, 0.1) is 12.7 Å². The number of nitrogens with zero attached hydrogens (tertiary/aromatic N) is 4. The maximum Gasteiger partial charge on any atom is 0.223 e. The molecule has 30 heavy (non-hydrogen) atoms. The van der Waals surface area contributed by atoms with Crippen LogP contribution < -0.4 is 10.5 Å². The van der Waals surface area contributed by atoms with Crippen LogP contribution >= 0.6 is 0 Å². The Bertz CT molecular complexity index is 1250. The predicted molar refractivity (Wildman–Crippen MR) is 116 cm³/mol. The van der Waals surface area contributed by atoms with E-state index in [9.17, 15) is 5.11 Å². The van der Waals surface area contributed by atoms with E-state index in [0.29, 0.717) is 28.8 Å². The van der Waals surface area contributed by atoms with Crippen molar-refractivity contribution in [1.29, 1.82) is 0 Å². The van der Waals surface area contributed by atoms with Gasteiger partial charge in [-0.15, -0.1) is 5.10 Å². The Hall–Kier alpha value is -3.19. The van der Waals surface area contributed by atoms with Crippen LogP contribution in [0.3, 0.4) is 0 Å². The summed E-state index contributed by atoms with van der Waals surface area (Å²) < 4.78 is 7.05. The Labute approximate surface area is 174 Å². The van der Waals surface area contributed by atoms with Gasteiger partial charge in [-0.05, 0) is 55.9 Å². The van der Waals surface area contributed by atoms with Crippen molar-refractivity contribution < 1.29 is 9.84 Å².